The van der Waals surface area contributed by atoms with Gasteiger partial charge in [0.2, 0.25) is 0 Å². The Morgan fingerprint density at radius 3 is 2.75 bits per heavy atom. The van der Waals surface area contributed by atoms with Crippen LogP contribution in [-0.4, -0.2) is 31.6 Å². The van der Waals surface area contributed by atoms with Crippen molar-refractivity contribution < 1.29 is 23.5 Å². The fraction of sp³-hybridized carbons (Fsp3) is 0.385. The zero-order chi connectivity index (χ0) is 15.0. The molecule has 20 heavy (non-hydrogen) atoms. The van der Waals surface area contributed by atoms with Gasteiger partial charge >= 0.3 is 5.97 Å². The van der Waals surface area contributed by atoms with Crippen LogP contribution in [0.25, 0.3) is 0 Å². The number of amides is 1. The first-order valence-corrected chi connectivity index (χ1v) is 6.82. The van der Waals surface area contributed by atoms with Crippen LogP contribution in [0.2, 0.25) is 0 Å². The lowest BCUT2D eigenvalue weighted by molar-refractivity contribution is -0.150. The van der Waals surface area contributed by atoms with E-state index in [4.69, 9.17) is 9.47 Å². The Hall–Kier alpha value is -1.63. The molecular formula is C13H15BrFNO4. The van der Waals surface area contributed by atoms with Crippen LogP contribution in [0.1, 0.15) is 13.3 Å². The van der Waals surface area contributed by atoms with E-state index in [9.17, 15) is 14.0 Å². The fourth-order valence-corrected chi connectivity index (χ4v) is 1.70. The van der Waals surface area contributed by atoms with Gasteiger partial charge < -0.3 is 14.8 Å². The number of hydrogen-bond acceptors (Lipinski definition) is 4. The zero-order valence-corrected chi connectivity index (χ0v) is 12.5. The summed E-state index contributed by atoms with van der Waals surface area (Å²) in [5.41, 5.74) is 0. The molecule has 1 aromatic rings. The van der Waals surface area contributed by atoms with E-state index >= 15 is 0 Å². The Morgan fingerprint density at radius 1 is 1.35 bits per heavy atom. The number of rotatable bonds is 7. The minimum atomic E-state index is -0.673. The molecular weight excluding hydrogens is 333 g/mol. The number of nitrogens with one attached hydrogen (secondary N) is 1. The maximum Gasteiger partial charge on any atom is 0.344 e. The summed E-state index contributed by atoms with van der Waals surface area (Å²) in [4.78, 5) is 22.6. The van der Waals surface area contributed by atoms with E-state index < -0.39 is 11.8 Å². The van der Waals surface area contributed by atoms with Gasteiger partial charge in [0.1, 0.15) is 11.6 Å². The van der Waals surface area contributed by atoms with Crippen molar-refractivity contribution in [2.45, 2.75) is 13.3 Å². The van der Waals surface area contributed by atoms with Crippen molar-refractivity contribution in [3.63, 3.8) is 0 Å². The van der Waals surface area contributed by atoms with Crippen LogP contribution in [0.4, 0.5) is 4.39 Å². The molecule has 0 aliphatic carbocycles. The molecule has 1 N–H and O–H groups in total. The maximum atomic E-state index is 12.8. The zero-order valence-electron chi connectivity index (χ0n) is 10.9. The first-order valence-electron chi connectivity index (χ1n) is 6.03. The lowest BCUT2D eigenvalue weighted by Gasteiger charge is -2.08. The maximum absolute atomic E-state index is 12.8. The van der Waals surface area contributed by atoms with Crippen molar-refractivity contribution in [2.75, 3.05) is 19.8 Å². The Labute approximate surface area is 124 Å². The highest BCUT2D eigenvalue weighted by atomic mass is 79.9. The SMILES string of the molecule is CCCNC(=O)COC(=O)COc1ccc(F)cc1Br. The average molecular weight is 348 g/mol. The number of carbonyl (C=O) groups is 2. The van der Waals surface area contributed by atoms with E-state index in [0.29, 0.717) is 16.8 Å². The van der Waals surface area contributed by atoms with Crippen molar-refractivity contribution in [1.29, 1.82) is 0 Å². The van der Waals surface area contributed by atoms with Crippen LogP contribution in [0.5, 0.6) is 5.75 Å². The molecule has 0 saturated heterocycles. The Bertz CT molecular complexity index is 481. The molecule has 1 amide bonds. The third-order valence-electron chi connectivity index (χ3n) is 2.18. The monoisotopic (exact) mass is 347 g/mol. The first kappa shape index (κ1) is 16.4. The third kappa shape index (κ3) is 6.01. The molecule has 0 fully saturated rings. The molecule has 5 nitrogen and oxygen atoms in total. The van der Waals surface area contributed by atoms with Crippen LogP contribution in [-0.2, 0) is 14.3 Å². The minimum absolute atomic E-state index is 0.318. The van der Waals surface area contributed by atoms with Crippen molar-refractivity contribution in [1.82, 2.24) is 5.32 Å². The van der Waals surface area contributed by atoms with Crippen molar-refractivity contribution in [3.05, 3.63) is 28.5 Å². The summed E-state index contributed by atoms with van der Waals surface area (Å²) < 4.78 is 23.1. The second-order valence-electron chi connectivity index (χ2n) is 3.87. The summed E-state index contributed by atoms with van der Waals surface area (Å²) in [7, 11) is 0. The fourth-order valence-electron chi connectivity index (χ4n) is 1.23. The molecule has 0 saturated carbocycles. The van der Waals surface area contributed by atoms with Gasteiger partial charge in [-0.1, -0.05) is 6.92 Å². The topological polar surface area (TPSA) is 64.6 Å². The smallest absolute Gasteiger partial charge is 0.344 e. The number of ether oxygens (including phenoxy) is 2. The van der Waals surface area contributed by atoms with Gasteiger partial charge in [-0.25, -0.2) is 9.18 Å². The van der Waals surface area contributed by atoms with Gasteiger partial charge in [-0.2, -0.15) is 0 Å². The minimum Gasteiger partial charge on any atom is -0.481 e. The standard InChI is InChI=1S/C13H15BrFNO4/c1-2-5-16-12(17)7-20-13(18)8-19-11-4-3-9(15)6-10(11)14/h3-4,6H,2,5,7-8H2,1H3,(H,16,17). The number of halogens is 2. The normalized spacial score (nSPS) is 9.95. The highest BCUT2D eigenvalue weighted by Gasteiger charge is 2.09. The molecule has 0 aliphatic rings. The molecule has 7 heteroatoms. The predicted molar refractivity (Wildman–Crippen MR) is 73.9 cm³/mol. The van der Waals surface area contributed by atoms with E-state index in [2.05, 4.69) is 21.2 Å². The third-order valence-corrected chi connectivity index (χ3v) is 2.80. The molecule has 110 valence electrons. The first-order chi connectivity index (χ1) is 9.52. The van der Waals surface area contributed by atoms with Gasteiger partial charge in [-0.3, -0.25) is 4.79 Å². The number of carbonyl (C=O) groups excluding carboxylic acids is 2. The second kappa shape index (κ2) is 8.52. The van der Waals surface area contributed by atoms with E-state index in [0.717, 1.165) is 6.42 Å². The van der Waals surface area contributed by atoms with Crippen molar-refractivity contribution >= 4 is 27.8 Å². The Morgan fingerprint density at radius 2 is 2.10 bits per heavy atom. The number of benzene rings is 1. The van der Waals surface area contributed by atoms with Gasteiger partial charge in [0.05, 0.1) is 4.47 Å². The largest absolute Gasteiger partial charge is 0.481 e. The number of hydrogen-bond donors (Lipinski definition) is 1. The summed E-state index contributed by atoms with van der Waals surface area (Å²) in [6.07, 6.45) is 0.807. The van der Waals surface area contributed by atoms with Crippen LogP contribution in [0.3, 0.4) is 0 Å². The molecule has 0 radical (unpaired) electrons. The molecule has 1 rings (SSSR count). The molecule has 0 atom stereocenters. The molecule has 0 aliphatic heterocycles. The Kier molecular flexibility index (Phi) is 7.00. The quantitative estimate of drug-likeness (QED) is 0.766. The summed E-state index contributed by atoms with van der Waals surface area (Å²) >= 11 is 3.11. The summed E-state index contributed by atoms with van der Waals surface area (Å²) in [6.45, 7) is 1.76. The molecule has 0 aromatic heterocycles. The van der Waals surface area contributed by atoms with Crippen molar-refractivity contribution in [2.24, 2.45) is 0 Å². The van der Waals surface area contributed by atoms with Crippen LogP contribution >= 0.6 is 15.9 Å². The molecule has 0 heterocycles. The molecule has 0 bridgehead atoms. The lowest BCUT2D eigenvalue weighted by atomic mass is 10.3. The summed E-state index contributed by atoms with van der Waals surface area (Å²) in [6, 6.07) is 3.82. The Balaban J connectivity index is 2.31. The molecule has 0 unspecified atom stereocenters. The predicted octanol–water partition coefficient (Wildman–Crippen LogP) is 2.04. The van der Waals surface area contributed by atoms with Crippen LogP contribution in [0.15, 0.2) is 22.7 Å². The molecule has 0 spiro atoms. The van der Waals surface area contributed by atoms with Gasteiger partial charge in [-0.15, -0.1) is 0 Å². The summed E-state index contributed by atoms with van der Waals surface area (Å²) in [5.74, 6) is -1.13. The lowest BCUT2D eigenvalue weighted by Crippen LogP contribution is -2.30. The summed E-state index contributed by atoms with van der Waals surface area (Å²) in [5, 5.41) is 2.57. The van der Waals surface area contributed by atoms with E-state index in [1.54, 1.807) is 0 Å². The highest BCUT2D eigenvalue weighted by molar-refractivity contribution is 9.10. The van der Waals surface area contributed by atoms with E-state index in [-0.39, 0.29) is 19.1 Å². The van der Waals surface area contributed by atoms with E-state index in [1.807, 2.05) is 6.92 Å². The van der Waals surface area contributed by atoms with Gasteiger partial charge in [-0.05, 0) is 40.5 Å². The van der Waals surface area contributed by atoms with E-state index in [1.165, 1.54) is 18.2 Å². The van der Waals surface area contributed by atoms with Crippen LogP contribution in [0, 0.1) is 5.82 Å². The second-order valence-corrected chi connectivity index (χ2v) is 4.73. The molecule has 1 aromatic carbocycles. The van der Waals surface area contributed by atoms with Crippen molar-refractivity contribution in [3.8, 4) is 5.75 Å². The van der Waals surface area contributed by atoms with Gasteiger partial charge in [0.15, 0.2) is 13.2 Å². The number of esters is 1. The van der Waals surface area contributed by atoms with Gasteiger partial charge in [0, 0.05) is 6.54 Å². The highest BCUT2D eigenvalue weighted by Crippen LogP contribution is 2.25. The average Bonchev–Trinajstić information content (AvgIpc) is 2.41. The van der Waals surface area contributed by atoms with Gasteiger partial charge in [0.25, 0.3) is 5.91 Å². The van der Waals surface area contributed by atoms with Crippen LogP contribution < -0.4 is 10.1 Å².